The summed E-state index contributed by atoms with van der Waals surface area (Å²) in [7, 11) is 0. The van der Waals surface area contributed by atoms with E-state index in [1.165, 1.54) is 28.6 Å². The molecule has 30 heavy (non-hydrogen) atoms. The fourth-order valence-electron chi connectivity index (χ4n) is 3.67. The van der Waals surface area contributed by atoms with Gasteiger partial charge in [-0.2, -0.15) is 5.26 Å². The Bertz CT molecular complexity index is 1110. The molecular weight excluding hydrogens is 414 g/mol. The number of thioether (sulfide) groups is 1. The van der Waals surface area contributed by atoms with Crippen LogP contribution >= 0.6 is 23.1 Å². The number of fused-ring (bicyclic) bond motifs is 1. The molecule has 8 heteroatoms. The van der Waals surface area contributed by atoms with Gasteiger partial charge in [-0.15, -0.1) is 21.5 Å². The summed E-state index contributed by atoms with van der Waals surface area (Å²) in [6.45, 7) is 3.94. The molecule has 0 atom stereocenters. The van der Waals surface area contributed by atoms with Crippen LogP contribution in [-0.4, -0.2) is 26.4 Å². The molecule has 154 valence electrons. The number of aromatic nitrogens is 3. The van der Waals surface area contributed by atoms with Gasteiger partial charge >= 0.3 is 0 Å². The number of aryl methyl sites for hydroxylation is 3. The van der Waals surface area contributed by atoms with E-state index in [0.29, 0.717) is 15.7 Å². The number of carbonyl (C=O) groups is 1. The molecule has 1 aliphatic rings. The number of carbonyl (C=O) groups excluding carboxylic acids is 1. The van der Waals surface area contributed by atoms with Crippen LogP contribution in [0.15, 0.2) is 29.4 Å². The van der Waals surface area contributed by atoms with Crippen LogP contribution in [0.25, 0.3) is 5.69 Å². The Morgan fingerprint density at radius 3 is 2.73 bits per heavy atom. The number of nitrogens with one attached hydrogen (secondary N) is 1. The molecule has 2 heterocycles. The molecule has 0 bridgehead atoms. The average molecular weight is 438 g/mol. The van der Waals surface area contributed by atoms with E-state index >= 15 is 0 Å². The third-order valence-electron chi connectivity index (χ3n) is 5.21. The molecule has 0 fully saturated rings. The van der Waals surface area contributed by atoms with Crippen LogP contribution in [0.5, 0.6) is 0 Å². The zero-order chi connectivity index (χ0) is 21.1. The molecule has 2 aromatic heterocycles. The minimum Gasteiger partial charge on any atom is -0.316 e. The highest BCUT2D eigenvalue weighted by Gasteiger charge is 2.21. The molecule has 1 amide bonds. The highest BCUT2D eigenvalue weighted by molar-refractivity contribution is 7.99. The maximum atomic E-state index is 12.6. The minimum absolute atomic E-state index is 0.135. The zero-order valence-corrected chi connectivity index (χ0v) is 18.7. The maximum absolute atomic E-state index is 12.6. The highest BCUT2D eigenvalue weighted by atomic mass is 32.2. The van der Waals surface area contributed by atoms with Crippen LogP contribution in [0, 0.1) is 25.2 Å². The molecule has 6 nitrogen and oxygen atoms in total. The van der Waals surface area contributed by atoms with Gasteiger partial charge in [-0.25, -0.2) is 0 Å². The van der Waals surface area contributed by atoms with Crippen molar-refractivity contribution < 1.29 is 4.79 Å². The Labute approximate surface area is 184 Å². The molecule has 0 radical (unpaired) electrons. The summed E-state index contributed by atoms with van der Waals surface area (Å²) < 4.78 is 1.95. The minimum atomic E-state index is -0.135. The largest absolute Gasteiger partial charge is 0.316 e. The summed E-state index contributed by atoms with van der Waals surface area (Å²) in [4.78, 5) is 13.9. The fraction of sp³-hybridized carbons (Fsp3) is 0.364. The van der Waals surface area contributed by atoms with Gasteiger partial charge in [0.15, 0.2) is 5.16 Å². The Hall–Kier alpha value is -2.63. The molecule has 1 aromatic carbocycles. The zero-order valence-electron chi connectivity index (χ0n) is 17.1. The van der Waals surface area contributed by atoms with E-state index < -0.39 is 0 Å². The van der Waals surface area contributed by atoms with E-state index in [9.17, 15) is 10.1 Å². The van der Waals surface area contributed by atoms with E-state index in [0.717, 1.165) is 42.8 Å². The number of nitrogens with zero attached hydrogens (tertiary/aromatic N) is 4. The standard InChI is InChI=1S/C22H23N5OS2/c1-14-8-10-16(11-9-14)27-15(2)25-26-22(27)29-13-20(28)24-21-18(12-23)17-6-4-3-5-7-19(17)30-21/h8-11H,3-7,13H2,1-2H3,(H,24,28). The van der Waals surface area contributed by atoms with Crippen LogP contribution in [0.2, 0.25) is 0 Å². The monoisotopic (exact) mass is 437 g/mol. The van der Waals surface area contributed by atoms with Gasteiger partial charge in [-0.05, 0) is 57.2 Å². The average Bonchev–Trinajstić information content (AvgIpc) is 3.17. The normalized spacial score (nSPS) is 13.4. The second-order valence-corrected chi connectivity index (χ2v) is 9.47. The van der Waals surface area contributed by atoms with Crippen molar-refractivity contribution in [3.05, 3.63) is 51.7 Å². The van der Waals surface area contributed by atoms with Gasteiger partial charge in [0.1, 0.15) is 16.9 Å². The predicted molar refractivity (Wildman–Crippen MR) is 120 cm³/mol. The molecule has 0 unspecified atom stereocenters. The summed E-state index contributed by atoms with van der Waals surface area (Å²) in [5, 5.41) is 22.4. The van der Waals surface area contributed by atoms with E-state index in [2.05, 4.69) is 21.6 Å². The summed E-state index contributed by atoms with van der Waals surface area (Å²) in [5.74, 6) is 0.844. The number of nitriles is 1. The Kier molecular flexibility index (Phi) is 6.21. The van der Waals surface area contributed by atoms with Crippen molar-refractivity contribution in [2.24, 2.45) is 0 Å². The highest BCUT2D eigenvalue weighted by Crippen LogP contribution is 2.37. The lowest BCUT2D eigenvalue weighted by atomic mass is 10.1. The van der Waals surface area contributed by atoms with Gasteiger partial charge in [0, 0.05) is 10.6 Å². The van der Waals surface area contributed by atoms with Crippen LogP contribution in [-0.2, 0) is 17.6 Å². The van der Waals surface area contributed by atoms with Crippen molar-refractivity contribution in [3.8, 4) is 11.8 Å². The molecule has 1 aliphatic carbocycles. The lowest BCUT2D eigenvalue weighted by Gasteiger charge is -2.09. The first-order valence-corrected chi connectivity index (χ1v) is 11.8. The molecule has 0 aliphatic heterocycles. The van der Waals surface area contributed by atoms with Gasteiger partial charge in [-0.1, -0.05) is 35.9 Å². The Balaban J connectivity index is 1.47. The molecule has 0 spiro atoms. The third-order valence-corrected chi connectivity index (χ3v) is 7.34. The van der Waals surface area contributed by atoms with Crippen molar-refractivity contribution in [2.45, 2.75) is 51.1 Å². The van der Waals surface area contributed by atoms with Crippen molar-refractivity contribution in [1.29, 1.82) is 5.26 Å². The molecule has 3 aromatic rings. The van der Waals surface area contributed by atoms with Crippen LogP contribution in [0.3, 0.4) is 0 Å². The second-order valence-electron chi connectivity index (χ2n) is 7.42. The smallest absolute Gasteiger partial charge is 0.235 e. The van der Waals surface area contributed by atoms with Crippen molar-refractivity contribution in [3.63, 3.8) is 0 Å². The van der Waals surface area contributed by atoms with Crippen molar-refractivity contribution in [1.82, 2.24) is 14.8 Å². The third kappa shape index (κ3) is 4.27. The fourth-order valence-corrected chi connectivity index (χ4v) is 5.72. The number of rotatable bonds is 5. The molecular formula is C22H23N5OS2. The Morgan fingerprint density at radius 1 is 1.20 bits per heavy atom. The van der Waals surface area contributed by atoms with E-state index in [1.807, 2.05) is 42.7 Å². The summed E-state index contributed by atoms with van der Waals surface area (Å²) in [5.41, 5.74) is 3.94. The van der Waals surface area contributed by atoms with Crippen LogP contribution in [0.1, 0.15) is 46.7 Å². The molecule has 0 saturated carbocycles. The SMILES string of the molecule is Cc1ccc(-n2c(C)nnc2SCC(=O)Nc2sc3c(c2C#N)CCCCC3)cc1. The number of hydrogen-bond acceptors (Lipinski definition) is 6. The maximum Gasteiger partial charge on any atom is 0.235 e. The van der Waals surface area contributed by atoms with E-state index in [-0.39, 0.29) is 11.7 Å². The van der Waals surface area contributed by atoms with Gasteiger partial charge < -0.3 is 5.32 Å². The van der Waals surface area contributed by atoms with Crippen LogP contribution in [0.4, 0.5) is 5.00 Å². The number of benzene rings is 1. The first kappa shape index (κ1) is 20.6. The first-order chi connectivity index (χ1) is 14.6. The number of amides is 1. The molecule has 0 saturated heterocycles. The molecule has 4 rings (SSSR count). The van der Waals surface area contributed by atoms with Crippen molar-refractivity contribution >= 4 is 34.0 Å². The first-order valence-electron chi connectivity index (χ1n) is 10.0. The van der Waals surface area contributed by atoms with Gasteiger partial charge in [0.2, 0.25) is 5.91 Å². The van der Waals surface area contributed by atoms with Gasteiger partial charge in [0.25, 0.3) is 0 Å². The van der Waals surface area contributed by atoms with Crippen LogP contribution < -0.4 is 5.32 Å². The number of thiophene rings is 1. The number of anilines is 1. The second kappa shape index (κ2) is 9.02. The number of hydrogen-bond donors (Lipinski definition) is 1. The lowest BCUT2D eigenvalue weighted by Crippen LogP contribution is -2.14. The quantitative estimate of drug-likeness (QED) is 0.457. The summed E-state index contributed by atoms with van der Waals surface area (Å²) in [6.07, 6.45) is 5.38. The van der Waals surface area contributed by atoms with Gasteiger partial charge in [-0.3, -0.25) is 9.36 Å². The Morgan fingerprint density at radius 2 is 1.97 bits per heavy atom. The van der Waals surface area contributed by atoms with Gasteiger partial charge in [0.05, 0.1) is 11.3 Å². The van der Waals surface area contributed by atoms with E-state index in [4.69, 9.17) is 0 Å². The summed E-state index contributed by atoms with van der Waals surface area (Å²) >= 11 is 2.90. The summed E-state index contributed by atoms with van der Waals surface area (Å²) in [6, 6.07) is 10.4. The van der Waals surface area contributed by atoms with E-state index in [1.54, 1.807) is 11.3 Å². The molecule has 1 N–H and O–H groups in total. The topological polar surface area (TPSA) is 83.6 Å². The predicted octanol–water partition coefficient (Wildman–Crippen LogP) is 4.82. The lowest BCUT2D eigenvalue weighted by molar-refractivity contribution is -0.113. The van der Waals surface area contributed by atoms with Crippen molar-refractivity contribution in [2.75, 3.05) is 11.1 Å².